The van der Waals surface area contributed by atoms with Gasteiger partial charge in [-0.15, -0.1) is 0 Å². The Morgan fingerprint density at radius 2 is 1.76 bits per heavy atom. The summed E-state index contributed by atoms with van der Waals surface area (Å²) in [6.45, 7) is 7.45. The number of benzene rings is 2. The standard InChI is InChI=1S/C21H22N4/c1-21(2,3)16-12-20(22-14-16)24-17-8-10-18(11-9-17)25-19-7-5-4-6-15(19)13-23-25/h4-13H,14H2,1-3H3,(H,22,24). The zero-order valence-corrected chi connectivity index (χ0v) is 14.8. The number of aliphatic imine (C=N–C) groups is 1. The molecule has 2 aromatic carbocycles. The van der Waals surface area contributed by atoms with Crippen LogP contribution in [0.3, 0.4) is 0 Å². The van der Waals surface area contributed by atoms with Crippen molar-refractivity contribution in [2.45, 2.75) is 20.8 Å². The van der Waals surface area contributed by atoms with Crippen molar-refractivity contribution < 1.29 is 0 Å². The molecule has 0 bridgehead atoms. The van der Waals surface area contributed by atoms with Gasteiger partial charge in [-0.1, -0.05) is 39.0 Å². The Balaban J connectivity index is 1.54. The third-order valence-corrected chi connectivity index (χ3v) is 4.56. The number of amidine groups is 1. The van der Waals surface area contributed by atoms with Crippen molar-refractivity contribution in [3.05, 3.63) is 66.4 Å². The van der Waals surface area contributed by atoms with Crippen molar-refractivity contribution in [3.8, 4) is 5.69 Å². The van der Waals surface area contributed by atoms with Gasteiger partial charge in [0.15, 0.2) is 0 Å². The van der Waals surface area contributed by atoms with Gasteiger partial charge in [-0.25, -0.2) is 4.68 Å². The van der Waals surface area contributed by atoms with Crippen molar-refractivity contribution in [2.24, 2.45) is 10.4 Å². The van der Waals surface area contributed by atoms with Crippen molar-refractivity contribution in [1.29, 1.82) is 0 Å². The molecule has 0 radical (unpaired) electrons. The van der Waals surface area contributed by atoms with Gasteiger partial charge in [-0.05, 0) is 47.4 Å². The molecule has 1 aliphatic rings. The molecule has 0 aliphatic carbocycles. The summed E-state index contributed by atoms with van der Waals surface area (Å²) in [5, 5.41) is 9.04. The van der Waals surface area contributed by atoms with Crippen LogP contribution in [0.5, 0.6) is 0 Å². The highest BCUT2D eigenvalue weighted by molar-refractivity contribution is 6.05. The van der Waals surface area contributed by atoms with E-state index in [0.717, 1.165) is 34.7 Å². The molecule has 0 unspecified atom stereocenters. The van der Waals surface area contributed by atoms with Crippen LogP contribution in [0.15, 0.2) is 71.4 Å². The third-order valence-electron chi connectivity index (χ3n) is 4.56. The predicted octanol–water partition coefficient (Wildman–Crippen LogP) is 4.82. The highest BCUT2D eigenvalue weighted by atomic mass is 15.3. The van der Waals surface area contributed by atoms with E-state index in [1.807, 2.05) is 23.0 Å². The second kappa shape index (κ2) is 5.88. The van der Waals surface area contributed by atoms with E-state index < -0.39 is 0 Å². The van der Waals surface area contributed by atoms with E-state index in [4.69, 9.17) is 0 Å². The number of aromatic nitrogens is 2. The van der Waals surface area contributed by atoms with Crippen molar-refractivity contribution >= 4 is 22.4 Å². The molecule has 2 heterocycles. The van der Waals surface area contributed by atoms with Gasteiger partial charge < -0.3 is 5.32 Å². The second-order valence-electron chi connectivity index (χ2n) is 7.41. The Morgan fingerprint density at radius 3 is 2.48 bits per heavy atom. The molecule has 1 aromatic heterocycles. The molecule has 0 spiro atoms. The van der Waals surface area contributed by atoms with Crippen LogP contribution < -0.4 is 5.32 Å². The second-order valence-corrected chi connectivity index (χ2v) is 7.41. The molecule has 0 fully saturated rings. The van der Waals surface area contributed by atoms with Crippen molar-refractivity contribution in [2.75, 3.05) is 11.9 Å². The number of anilines is 1. The van der Waals surface area contributed by atoms with Gasteiger partial charge in [-0.2, -0.15) is 5.10 Å². The average molecular weight is 330 g/mol. The topological polar surface area (TPSA) is 42.2 Å². The van der Waals surface area contributed by atoms with Crippen LogP contribution in [0, 0.1) is 5.41 Å². The Labute approximate surface area is 147 Å². The van der Waals surface area contributed by atoms with E-state index >= 15 is 0 Å². The molecule has 1 aliphatic heterocycles. The lowest BCUT2D eigenvalue weighted by Crippen LogP contribution is -2.11. The predicted molar refractivity (Wildman–Crippen MR) is 105 cm³/mol. The van der Waals surface area contributed by atoms with E-state index in [-0.39, 0.29) is 5.41 Å². The molecule has 126 valence electrons. The normalized spacial score (nSPS) is 14.5. The number of nitrogens with zero attached hydrogens (tertiary/aromatic N) is 3. The number of hydrogen-bond donors (Lipinski definition) is 1. The maximum Gasteiger partial charge on any atom is 0.125 e. The maximum absolute atomic E-state index is 4.59. The van der Waals surface area contributed by atoms with E-state index in [1.54, 1.807) is 0 Å². The molecule has 3 aromatic rings. The Bertz CT molecular complexity index is 969. The first-order valence-electron chi connectivity index (χ1n) is 8.56. The monoisotopic (exact) mass is 330 g/mol. The first kappa shape index (κ1) is 15.6. The summed E-state index contributed by atoms with van der Waals surface area (Å²) in [5.74, 6) is 0.933. The minimum atomic E-state index is 0.165. The van der Waals surface area contributed by atoms with Crippen LogP contribution in [0.4, 0.5) is 5.69 Å². The van der Waals surface area contributed by atoms with E-state index in [0.29, 0.717) is 0 Å². The van der Waals surface area contributed by atoms with Crippen LogP contribution in [0.1, 0.15) is 20.8 Å². The van der Waals surface area contributed by atoms with Crippen molar-refractivity contribution in [1.82, 2.24) is 9.78 Å². The number of rotatable bonds is 2. The summed E-state index contributed by atoms with van der Waals surface area (Å²) in [7, 11) is 0. The summed E-state index contributed by atoms with van der Waals surface area (Å²) < 4.78 is 1.96. The van der Waals surface area contributed by atoms with Gasteiger partial charge in [0, 0.05) is 11.1 Å². The van der Waals surface area contributed by atoms with Gasteiger partial charge in [0.05, 0.1) is 23.9 Å². The van der Waals surface area contributed by atoms with Gasteiger partial charge in [0.2, 0.25) is 0 Å². The van der Waals surface area contributed by atoms with Crippen LogP contribution in [0.25, 0.3) is 16.6 Å². The highest BCUT2D eigenvalue weighted by Gasteiger charge is 2.20. The molecule has 0 amide bonds. The van der Waals surface area contributed by atoms with E-state index in [1.165, 1.54) is 5.57 Å². The summed E-state index contributed by atoms with van der Waals surface area (Å²) in [5.41, 5.74) is 4.71. The van der Waals surface area contributed by atoms with Crippen LogP contribution in [0.2, 0.25) is 0 Å². The largest absolute Gasteiger partial charge is 0.341 e. The summed E-state index contributed by atoms with van der Waals surface area (Å²) in [4.78, 5) is 4.59. The average Bonchev–Trinajstić information content (AvgIpc) is 3.22. The Hall–Kier alpha value is -2.88. The number of hydrogen-bond acceptors (Lipinski definition) is 3. The Kier molecular flexibility index (Phi) is 3.68. The quantitative estimate of drug-likeness (QED) is 0.732. The fraction of sp³-hybridized carbons (Fsp3) is 0.238. The van der Waals surface area contributed by atoms with Gasteiger partial charge in [0.25, 0.3) is 0 Å². The van der Waals surface area contributed by atoms with Crippen molar-refractivity contribution in [3.63, 3.8) is 0 Å². The lowest BCUT2D eigenvalue weighted by molar-refractivity contribution is 0.499. The number of fused-ring (bicyclic) bond motifs is 1. The molecule has 0 saturated carbocycles. The fourth-order valence-corrected chi connectivity index (χ4v) is 2.97. The zero-order valence-electron chi connectivity index (χ0n) is 14.8. The molecule has 4 nitrogen and oxygen atoms in total. The number of para-hydroxylation sites is 1. The van der Waals surface area contributed by atoms with Gasteiger partial charge in [-0.3, -0.25) is 4.99 Å². The molecule has 1 N–H and O–H groups in total. The highest BCUT2D eigenvalue weighted by Crippen LogP contribution is 2.28. The maximum atomic E-state index is 4.59. The molecule has 0 atom stereocenters. The zero-order chi connectivity index (χ0) is 17.4. The minimum Gasteiger partial charge on any atom is -0.341 e. The molecule has 4 heteroatoms. The molecular weight excluding hydrogens is 308 g/mol. The van der Waals surface area contributed by atoms with Gasteiger partial charge in [0.1, 0.15) is 5.84 Å². The van der Waals surface area contributed by atoms with Gasteiger partial charge >= 0.3 is 0 Å². The molecular formula is C21H22N4. The fourth-order valence-electron chi connectivity index (χ4n) is 2.97. The van der Waals surface area contributed by atoms with E-state index in [2.05, 4.69) is 78.7 Å². The summed E-state index contributed by atoms with van der Waals surface area (Å²) >= 11 is 0. The van der Waals surface area contributed by atoms with Crippen LogP contribution >= 0.6 is 0 Å². The molecule has 25 heavy (non-hydrogen) atoms. The van der Waals surface area contributed by atoms with Crippen LogP contribution in [-0.4, -0.2) is 22.2 Å². The Morgan fingerprint density at radius 1 is 1.00 bits per heavy atom. The summed E-state index contributed by atoms with van der Waals surface area (Å²) in [6.07, 6.45) is 4.06. The lowest BCUT2D eigenvalue weighted by Gasteiger charge is -2.18. The first-order chi connectivity index (χ1) is 12.0. The van der Waals surface area contributed by atoms with E-state index in [9.17, 15) is 0 Å². The van der Waals surface area contributed by atoms with Crippen LogP contribution in [-0.2, 0) is 0 Å². The minimum absolute atomic E-state index is 0.165. The first-order valence-corrected chi connectivity index (χ1v) is 8.56. The summed E-state index contributed by atoms with van der Waals surface area (Å²) in [6, 6.07) is 16.5. The third kappa shape index (κ3) is 3.07. The number of nitrogens with one attached hydrogen (secondary N) is 1. The SMILES string of the molecule is CC(C)(C)C1=CC(Nc2ccc(-n3ncc4ccccc43)cc2)=NC1. The lowest BCUT2D eigenvalue weighted by atomic mass is 9.87. The molecule has 0 saturated heterocycles. The molecule has 4 rings (SSSR count). The smallest absolute Gasteiger partial charge is 0.125 e.